The highest BCUT2D eigenvalue weighted by atomic mass is 16.5. The fourth-order valence-corrected chi connectivity index (χ4v) is 6.08. The number of carbonyl (C=O) groups excluding carboxylic acids is 2. The van der Waals surface area contributed by atoms with E-state index in [4.69, 9.17) is 18.9 Å². The largest absolute Gasteiger partial charge is 0.493 e. The Bertz CT molecular complexity index is 1390. The number of hydrogen-bond acceptors (Lipinski definition) is 7. The van der Waals surface area contributed by atoms with Gasteiger partial charge in [0, 0.05) is 42.5 Å². The smallest absolute Gasteiger partial charge is 0.240 e. The first-order chi connectivity index (χ1) is 19.0. The van der Waals surface area contributed by atoms with E-state index < -0.39 is 5.41 Å². The van der Waals surface area contributed by atoms with E-state index in [1.165, 1.54) is 0 Å². The second-order valence-electron chi connectivity index (χ2n) is 10.6. The molecule has 0 spiro atoms. The Labute approximate surface area is 227 Å². The molecule has 3 aliphatic rings. The Morgan fingerprint density at radius 1 is 0.923 bits per heavy atom. The van der Waals surface area contributed by atoms with Crippen LogP contribution in [0.3, 0.4) is 0 Å². The Balaban J connectivity index is 1.14. The van der Waals surface area contributed by atoms with Gasteiger partial charge in [-0.05, 0) is 74.9 Å². The van der Waals surface area contributed by atoms with Crippen LogP contribution in [0.15, 0.2) is 48.7 Å². The van der Waals surface area contributed by atoms with Crippen molar-refractivity contribution in [3.05, 3.63) is 48.7 Å². The first kappa shape index (κ1) is 25.4. The first-order valence-corrected chi connectivity index (χ1v) is 13.4. The number of nitrogens with zero attached hydrogens (tertiary/aromatic N) is 2. The molecule has 2 amide bonds. The molecule has 39 heavy (non-hydrogen) atoms. The molecule has 2 bridgehead atoms. The Morgan fingerprint density at radius 2 is 1.59 bits per heavy atom. The average Bonchev–Trinajstić information content (AvgIpc) is 3.73. The van der Waals surface area contributed by atoms with Crippen LogP contribution in [0.25, 0.3) is 10.9 Å². The molecule has 9 nitrogen and oxygen atoms in total. The molecule has 204 valence electrons. The molecular weight excluding hydrogens is 498 g/mol. The SMILES string of the molecule is COc1cc2nccc(Oc3ccc(NC(=O)C4(C(=O)N5[C@@H]6CC[C@H]5C[C@H](OC)C6)CC4)cc3)c2cc1OC. The number of nitrogens with one attached hydrogen (secondary N) is 1. The third-order valence-electron chi connectivity index (χ3n) is 8.40. The number of anilines is 1. The van der Waals surface area contributed by atoms with E-state index in [1.807, 2.05) is 11.0 Å². The molecule has 3 heterocycles. The second kappa shape index (κ2) is 10.0. The molecular formula is C30H33N3O6. The average molecular weight is 532 g/mol. The number of amides is 2. The van der Waals surface area contributed by atoms with E-state index in [1.54, 1.807) is 63.9 Å². The minimum absolute atomic E-state index is 0.0152. The molecule has 2 saturated heterocycles. The molecule has 2 aliphatic heterocycles. The van der Waals surface area contributed by atoms with Crippen molar-refractivity contribution in [1.82, 2.24) is 9.88 Å². The van der Waals surface area contributed by atoms with Gasteiger partial charge >= 0.3 is 0 Å². The van der Waals surface area contributed by atoms with Crippen molar-refractivity contribution in [2.24, 2.45) is 5.41 Å². The fraction of sp³-hybridized carbons (Fsp3) is 0.433. The van der Waals surface area contributed by atoms with Crippen LogP contribution in [-0.2, 0) is 14.3 Å². The lowest BCUT2D eigenvalue weighted by Crippen LogP contribution is -2.53. The van der Waals surface area contributed by atoms with Crippen LogP contribution in [0, 0.1) is 5.41 Å². The van der Waals surface area contributed by atoms with Crippen LogP contribution in [0.1, 0.15) is 38.5 Å². The van der Waals surface area contributed by atoms with E-state index in [0.717, 1.165) is 31.1 Å². The fourth-order valence-electron chi connectivity index (χ4n) is 6.08. The first-order valence-electron chi connectivity index (χ1n) is 13.4. The molecule has 0 unspecified atom stereocenters. The Kier molecular flexibility index (Phi) is 6.54. The second-order valence-corrected chi connectivity index (χ2v) is 10.6. The Morgan fingerprint density at radius 3 is 2.21 bits per heavy atom. The van der Waals surface area contributed by atoms with Crippen molar-refractivity contribution in [3.8, 4) is 23.0 Å². The highest BCUT2D eigenvalue weighted by Crippen LogP contribution is 2.51. The van der Waals surface area contributed by atoms with Crippen LogP contribution in [0.4, 0.5) is 5.69 Å². The van der Waals surface area contributed by atoms with Crippen molar-refractivity contribution in [1.29, 1.82) is 0 Å². The van der Waals surface area contributed by atoms with Gasteiger partial charge < -0.3 is 29.2 Å². The summed E-state index contributed by atoms with van der Waals surface area (Å²) >= 11 is 0. The van der Waals surface area contributed by atoms with Crippen molar-refractivity contribution >= 4 is 28.4 Å². The summed E-state index contributed by atoms with van der Waals surface area (Å²) in [7, 11) is 4.90. The lowest BCUT2D eigenvalue weighted by Gasteiger charge is -2.40. The number of rotatable bonds is 8. The van der Waals surface area contributed by atoms with Crippen molar-refractivity contribution in [3.63, 3.8) is 0 Å². The molecule has 3 aromatic rings. The van der Waals surface area contributed by atoms with Crippen molar-refractivity contribution in [2.45, 2.75) is 56.7 Å². The van der Waals surface area contributed by atoms with E-state index >= 15 is 0 Å². The zero-order valence-electron chi connectivity index (χ0n) is 22.4. The number of aromatic nitrogens is 1. The lowest BCUT2D eigenvalue weighted by atomic mass is 9.95. The molecule has 9 heteroatoms. The summed E-state index contributed by atoms with van der Waals surface area (Å²) in [6.07, 6.45) is 6.73. The van der Waals surface area contributed by atoms with Gasteiger partial charge in [-0.1, -0.05) is 0 Å². The van der Waals surface area contributed by atoms with E-state index in [0.29, 0.717) is 47.0 Å². The summed E-state index contributed by atoms with van der Waals surface area (Å²) in [5, 5.41) is 3.76. The summed E-state index contributed by atoms with van der Waals surface area (Å²) in [5.41, 5.74) is 0.387. The number of pyridine rings is 1. The number of ether oxygens (including phenoxy) is 4. The van der Waals surface area contributed by atoms with Gasteiger partial charge in [0.15, 0.2) is 11.5 Å². The summed E-state index contributed by atoms with van der Waals surface area (Å²) in [5.74, 6) is 2.15. The minimum Gasteiger partial charge on any atom is -0.493 e. The normalized spacial score (nSPS) is 22.8. The number of fused-ring (bicyclic) bond motifs is 3. The number of carbonyl (C=O) groups is 2. The van der Waals surface area contributed by atoms with Crippen molar-refractivity contribution < 1.29 is 28.5 Å². The predicted molar refractivity (Wildman–Crippen MR) is 145 cm³/mol. The molecule has 3 atom stereocenters. The molecule has 1 N–H and O–H groups in total. The molecule has 1 aromatic heterocycles. The lowest BCUT2D eigenvalue weighted by molar-refractivity contribution is -0.147. The molecule has 3 fully saturated rings. The van der Waals surface area contributed by atoms with E-state index in [-0.39, 0.29) is 30.0 Å². The third-order valence-corrected chi connectivity index (χ3v) is 8.40. The minimum atomic E-state index is -0.952. The van der Waals surface area contributed by atoms with E-state index in [9.17, 15) is 9.59 Å². The monoisotopic (exact) mass is 531 g/mol. The molecule has 6 rings (SSSR count). The number of methoxy groups -OCH3 is 3. The zero-order valence-corrected chi connectivity index (χ0v) is 22.4. The highest BCUT2D eigenvalue weighted by Gasteiger charge is 2.61. The molecule has 1 saturated carbocycles. The molecule has 1 aliphatic carbocycles. The maximum atomic E-state index is 13.6. The topological polar surface area (TPSA) is 99.2 Å². The van der Waals surface area contributed by atoms with Gasteiger partial charge in [-0.3, -0.25) is 14.6 Å². The van der Waals surface area contributed by atoms with Crippen LogP contribution >= 0.6 is 0 Å². The molecule has 0 radical (unpaired) electrons. The summed E-state index contributed by atoms with van der Waals surface area (Å²) < 4.78 is 22.5. The van der Waals surface area contributed by atoms with Gasteiger partial charge in [0.2, 0.25) is 11.8 Å². The Hall–Kier alpha value is -3.85. The quantitative estimate of drug-likeness (QED) is 0.412. The van der Waals surface area contributed by atoms with Gasteiger partial charge in [-0.2, -0.15) is 0 Å². The maximum absolute atomic E-state index is 13.6. The van der Waals surface area contributed by atoms with Crippen LogP contribution < -0.4 is 19.5 Å². The standard InChI is InChI=1S/C30H33N3O6/c1-36-22-14-19-6-7-20(15-22)33(19)29(35)30(11-12-30)28(34)32-18-4-8-21(9-5-18)39-25-10-13-31-24-17-27(38-3)26(37-2)16-23(24)25/h4-5,8-10,13,16-17,19-20,22H,6-7,11-12,14-15H2,1-3H3,(H,32,34)/t19-,20+,22-. The van der Waals surface area contributed by atoms with Crippen LogP contribution in [-0.4, -0.2) is 61.2 Å². The number of hydrogen-bond donors (Lipinski definition) is 1. The van der Waals surface area contributed by atoms with Gasteiger partial charge in [0.25, 0.3) is 0 Å². The summed E-state index contributed by atoms with van der Waals surface area (Å²) in [6.45, 7) is 0. The maximum Gasteiger partial charge on any atom is 0.240 e. The van der Waals surface area contributed by atoms with Gasteiger partial charge in [-0.15, -0.1) is 0 Å². The van der Waals surface area contributed by atoms with Gasteiger partial charge in [-0.25, -0.2) is 0 Å². The number of benzene rings is 2. The zero-order chi connectivity index (χ0) is 27.1. The summed E-state index contributed by atoms with van der Waals surface area (Å²) in [4.78, 5) is 33.3. The van der Waals surface area contributed by atoms with Gasteiger partial charge in [0.1, 0.15) is 16.9 Å². The van der Waals surface area contributed by atoms with Gasteiger partial charge in [0.05, 0.1) is 25.8 Å². The highest BCUT2D eigenvalue weighted by molar-refractivity contribution is 6.13. The molecule has 2 aromatic carbocycles. The van der Waals surface area contributed by atoms with Crippen molar-refractivity contribution in [2.75, 3.05) is 26.6 Å². The number of piperidine rings is 1. The van der Waals surface area contributed by atoms with Crippen LogP contribution in [0.2, 0.25) is 0 Å². The third kappa shape index (κ3) is 4.54. The van der Waals surface area contributed by atoms with E-state index in [2.05, 4.69) is 10.3 Å². The predicted octanol–water partition coefficient (Wildman–Crippen LogP) is 4.93. The van der Waals surface area contributed by atoms with Crippen LogP contribution in [0.5, 0.6) is 23.0 Å². The summed E-state index contributed by atoms with van der Waals surface area (Å²) in [6, 6.07) is 12.9.